The van der Waals surface area contributed by atoms with E-state index in [4.69, 9.17) is 4.74 Å². The zero-order valence-corrected chi connectivity index (χ0v) is 11.6. The lowest BCUT2D eigenvalue weighted by Gasteiger charge is -2.16. The third-order valence-electron chi connectivity index (χ3n) is 4.15. The fourth-order valence-corrected chi connectivity index (χ4v) is 2.72. The van der Waals surface area contributed by atoms with Crippen LogP contribution in [0.2, 0.25) is 0 Å². The second-order valence-corrected chi connectivity index (χ2v) is 5.47. The van der Waals surface area contributed by atoms with Crippen molar-refractivity contribution in [3.05, 3.63) is 42.0 Å². The minimum Gasteiger partial charge on any atom is -0.496 e. The van der Waals surface area contributed by atoms with Gasteiger partial charge in [0.15, 0.2) is 0 Å². The molecule has 3 rings (SSSR count). The standard InChI is InChI=1S/C17H21NO/c1-12(13-7-8-13)18-11-16-15-6-4-3-5-14(15)9-10-17(16)19-2/h3-6,9-10,12-13,18H,7-8,11H2,1-2H3. The van der Waals surface area contributed by atoms with Crippen LogP contribution in [0, 0.1) is 5.92 Å². The first-order valence-electron chi connectivity index (χ1n) is 7.07. The highest BCUT2D eigenvalue weighted by Gasteiger charge is 2.27. The number of benzene rings is 2. The molecular weight excluding hydrogens is 234 g/mol. The molecule has 0 aliphatic heterocycles. The minimum atomic E-state index is 0.601. The summed E-state index contributed by atoms with van der Waals surface area (Å²) in [5.41, 5.74) is 1.27. The summed E-state index contributed by atoms with van der Waals surface area (Å²) >= 11 is 0. The highest BCUT2D eigenvalue weighted by molar-refractivity contribution is 5.87. The molecule has 1 N–H and O–H groups in total. The SMILES string of the molecule is COc1ccc2ccccc2c1CNC(C)C1CC1. The summed E-state index contributed by atoms with van der Waals surface area (Å²) in [6.07, 6.45) is 2.75. The Morgan fingerprint density at radius 3 is 2.74 bits per heavy atom. The van der Waals surface area contributed by atoms with E-state index < -0.39 is 0 Å². The number of rotatable bonds is 5. The molecule has 0 heterocycles. The van der Waals surface area contributed by atoms with Crippen LogP contribution >= 0.6 is 0 Å². The van der Waals surface area contributed by atoms with E-state index in [0.717, 1.165) is 18.2 Å². The molecule has 2 aromatic carbocycles. The van der Waals surface area contributed by atoms with Crippen molar-refractivity contribution in [2.24, 2.45) is 5.92 Å². The van der Waals surface area contributed by atoms with Crippen molar-refractivity contribution in [3.63, 3.8) is 0 Å². The van der Waals surface area contributed by atoms with Crippen molar-refractivity contribution in [1.29, 1.82) is 0 Å². The molecule has 2 heteroatoms. The first-order chi connectivity index (χ1) is 9.29. The van der Waals surface area contributed by atoms with Gasteiger partial charge in [0.1, 0.15) is 5.75 Å². The molecule has 0 radical (unpaired) electrons. The van der Waals surface area contributed by atoms with Crippen molar-refractivity contribution in [3.8, 4) is 5.75 Å². The molecule has 1 aliphatic carbocycles. The summed E-state index contributed by atoms with van der Waals surface area (Å²) in [6, 6.07) is 13.3. The van der Waals surface area contributed by atoms with Gasteiger partial charge in [0.25, 0.3) is 0 Å². The van der Waals surface area contributed by atoms with E-state index >= 15 is 0 Å². The second kappa shape index (κ2) is 5.22. The highest BCUT2D eigenvalue weighted by Crippen LogP contribution is 2.33. The van der Waals surface area contributed by atoms with Crippen LogP contribution in [0.3, 0.4) is 0 Å². The van der Waals surface area contributed by atoms with E-state index in [1.165, 1.54) is 29.2 Å². The fraction of sp³-hybridized carbons (Fsp3) is 0.412. The van der Waals surface area contributed by atoms with Crippen LogP contribution in [-0.2, 0) is 6.54 Å². The Balaban J connectivity index is 1.90. The molecule has 2 nitrogen and oxygen atoms in total. The Morgan fingerprint density at radius 2 is 2.00 bits per heavy atom. The molecule has 0 aromatic heterocycles. The van der Waals surface area contributed by atoms with E-state index in [1.54, 1.807) is 7.11 Å². The van der Waals surface area contributed by atoms with E-state index in [9.17, 15) is 0 Å². The molecule has 0 amide bonds. The number of hydrogen-bond donors (Lipinski definition) is 1. The van der Waals surface area contributed by atoms with Gasteiger partial charge >= 0.3 is 0 Å². The quantitative estimate of drug-likeness (QED) is 0.879. The molecule has 1 unspecified atom stereocenters. The van der Waals surface area contributed by atoms with Gasteiger partial charge in [0.05, 0.1) is 7.11 Å². The van der Waals surface area contributed by atoms with Crippen molar-refractivity contribution in [2.45, 2.75) is 32.4 Å². The number of ether oxygens (including phenoxy) is 1. The molecule has 1 saturated carbocycles. The lowest BCUT2D eigenvalue weighted by Crippen LogP contribution is -2.27. The lowest BCUT2D eigenvalue weighted by molar-refractivity contribution is 0.405. The van der Waals surface area contributed by atoms with Crippen LogP contribution in [0.4, 0.5) is 0 Å². The van der Waals surface area contributed by atoms with Crippen LogP contribution < -0.4 is 10.1 Å². The molecule has 0 bridgehead atoms. The molecule has 19 heavy (non-hydrogen) atoms. The first kappa shape index (κ1) is 12.5. The Labute approximate surface area is 114 Å². The number of fused-ring (bicyclic) bond motifs is 1. The number of nitrogens with one attached hydrogen (secondary N) is 1. The maximum atomic E-state index is 5.52. The number of methoxy groups -OCH3 is 1. The van der Waals surface area contributed by atoms with Gasteiger partial charge in [0.2, 0.25) is 0 Å². The topological polar surface area (TPSA) is 21.3 Å². The molecule has 1 aliphatic rings. The Hall–Kier alpha value is -1.54. The third kappa shape index (κ3) is 2.59. The molecule has 100 valence electrons. The predicted octanol–water partition coefficient (Wildman–Crippen LogP) is 3.74. The smallest absolute Gasteiger partial charge is 0.123 e. The predicted molar refractivity (Wildman–Crippen MR) is 79.5 cm³/mol. The van der Waals surface area contributed by atoms with Gasteiger partial charge in [-0.25, -0.2) is 0 Å². The third-order valence-corrected chi connectivity index (χ3v) is 4.15. The summed E-state index contributed by atoms with van der Waals surface area (Å²) < 4.78 is 5.52. The zero-order chi connectivity index (χ0) is 13.2. The van der Waals surface area contributed by atoms with E-state index in [2.05, 4.69) is 48.6 Å². The maximum absolute atomic E-state index is 5.52. The van der Waals surface area contributed by atoms with E-state index in [0.29, 0.717) is 6.04 Å². The second-order valence-electron chi connectivity index (χ2n) is 5.47. The molecule has 2 aromatic rings. The Bertz CT molecular complexity index is 574. The van der Waals surface area contributed by atoms with Crippen molar-refractivity contribution in [2.75, 3.05) is 7.11 Å². The first-order valence-corrected chi connectivity index (χ1v) is 7.07. The molecular formula is C17H21NO. The average molecular weight is 255 g/mol. The van der Waals surface area contributed by atoms with Crippen LogP contribution in [0.1, 0.15) is 25.3 Å². The average Bonchev–Trinajstić information content (AvgIpc) is 3.28. The zero-order valence-electron chi connectivity index (χ0n) is 11.6. The van der Waals surface area contributed by atoms with Gasteiger partial charge in [-0.15, -0.1) is 0 Å². The summed E-state index contributed by atoms with van der Waals surface area (Å²) in [5.74, 6) is 1.86. The summed E-state index contributed by atoms with van der Waals surface area (Å²) in [4.78, 5) is 0. The normalized spacial score (nSPS) is 16.5. The van der Waals surface area contributed by atoms with Crippen LogP contribution in [-0.4, -0.2) is 13.2 Å². The minimum absolute atomic E-state index is 0.601. The summed E-state index contributed by atoms with van der Waals surface area (Å²) in [7, 11) is 1.75. The highest BCUT2D eigenvalue weighted by atomic mass is 16.5. The summed E-state index contributed by atoms with van der Waals surface area (Å²) in [6.45, 7) is 3.16. The molecule has 0 saturated heterocycles. The maximum Gasteiger partial charge on any atom is 0.123 e. The van der Waals surface area contributed by atoms with Crippen LogP contribution in [0.25, 0.3) is 10.8 Å². The molecule has 1 fully saturated rings. The van der Waals surface area contributed by atoms with Gasteiger partial charge < -0.3 is 10.1 Å². The van der Waals surface area contributed by atoms with Gasteiger partial charge in [-0.1, -0.05) is 30.3 Å². The largest absolute Gasteiger partial charge is 0.496 e. The lowest BCUT2D eigenvalue weighted by atomic mass is 10.0. The van der Waals surface area contributed by atoms with Gasteiger partial charge in [-0.2, -0.15) is 0 Å². The van der Waals surface area contributed by atoms with Gasteiger partial charge in [-0.05, 0) is 42.5 Å². The van der Waals surface area contributed by atoms with Gasteiger partial charge in [-0.3, -0.25) is 0 Å². The number of hydrogen-bond acceptors (Lipinski definition) is 2. The van der Waals surface area contributed by atoms with Crippen LogP contribution in [0.15, 0.2) is 36.4 Å². The van der Waals surface area contributed by atoms with Crippen LogP contribution in [0.5, 0.6) is 5.75 Å². The van der Waals surface area contributed by atoms with Crippen molar-refractivity contribution in [1.82, 2.24) is 5.32 Å². The van der Waals surface area contributed by atoms with Gasteiger partial charge in [0, 0.05) is 18.2 Å². The Kier molecular flexibility index (Phi) is 3.43. The molecule has 0 spiro atoms. The summed E-state index contributed by atoms with van der Waals surface area (Å²) in [5, 5.41) is 6.21. The monoisotopic (exact) mass is 255 g/mol. The Morgan fingerprint density at radius 1 is 1.21 bits per heavy atom. The fourth-order valence-electron chi connectivity index (χ4n) is 2.72. The van der Waals surface area contributed by atoms with Crippen molar-refractivity contribution < 1.29 is 4.74 Å². The van der Waals surface area contributed by atoms with E-state index in [1.807, 2.05) is 0 Å². The van der Waals surface area contributed by atoms with E-state index in [-0.39, 0.29) is 0 Å². The van der Waals surface area contributed by atoms with Crippen molar-refractivity contribution >= 4 is 10.8 Å². The molecule has 1 atom stereocenters.